The molecule has 0 bridgehead atoms. The molecule has 0 saturated heterocycles. The number of anilines is 1. The Kier molecular flexibility index (Phi) is 4.36. The zero-order valence-electron chi connectivity index (χ0n) is 14.5. The van der Waals surface area contributed by atoms with Gasteiger partial charge in [-0.15, -0.1) is 0 Å². The van der Waals surface area contributed by atoms with Gasteiger partial charge < -0.3 is 5.32 Å². The van der Waals surface area contributed by atoms with Crippen molar-refractivity contribution in [1.82, 2.24) is 29.5 Å². The quantitative estimate of drug-likeness (QED) is 0.587. The molecular formula is C18H13F2N7O. The molecule has 0 spiro atoms. The third-order valence-corrected chi connectivity index (χ3v) is 4.05. The van der Waals surface area contributed by atoms with Crippen LogP contribution in [0.25, 0.3) is 11.5 Å². The number of halogens is 2. The molecule has 0 aliphatic carbocycles. The van der Waals surface area contributed by atoms with Gasteiger partial charge >= 0.3 is 0 Å². The molecule has 0 aliphatic heterocycles. The minimum absolute atomic E-state index is 0.0526. The Morgan fingerprint density at radius 3 is 2.64 bits per heavy atom. The third-order valence-electron chi connectivity index (χ3n) is 4.05. The van der Waals surface area contributed by atoms with Gasteiger partial charge in [-0.25, -0.2) is 28.1 Å². The summed E-state index contributed by atoms with van der Waals surface area (Å²) >= 11 is 0. The van der Waals surface area contributed by atoms with Gasteiger partial charge in [0.25, 0.3) is 5.91 Å². The molecule has 4 rings (SSSR count). The van der Waals surface area contributed by atoms with Crippen LogP contribution in [0.5, 0.6) is 0 Å². The molecular weight excluding hydrogens is 368 g/mol. The molecule has 0 unspecified atom stereocenters. The number of hydrogen-bond donors (Lipinski definition) is 1. The number of hydrogen-bond acceptors (Lipinski definition) is 5. The lowest BCUT2D eigenvalue weighted by atomic mass is 10.2. The molecule has 1 amide bonds. The second-order valence-electron chi connectivity index (χ2n) is 5.85. The summed E-state index contributed by atoms with van der Waals surface area (Å²) in [4.78, 5) is 20.6. The van der Waals surface area contributed by atoms with Gasteiger partial charge in [-0.1, -0.05) is 0 Å². The van der Waals surface area contributed by atoms with Crippen molar-refractivity contribution in [2.45, 2.75) is 6.92 Å². The minimum atomic E-state index is -0.772. The van der Waals surface area contributed by atoms with Crippen LogP contribution in [-0.2, 0) is 0 Å². The highest BCUT2D eigenvalue weighted by Gasteiger charge is 2.17. The molecule has 3 heterocycles. The second-order valence-corrected chi connectivity index (χ2v) is 5.85. The number of benzene rings is 1. The van der Waals surface area contributed by atoms with Crippen LogP contribution in [0.2, 0.25) is 0 Å². The van der Waals surface area contributed by atoms with E-state index in [9.17, 15) is 13.6 Å². The molecule has 1 aromatic carbocycles. The van der Waals surface area contributed by atoms with Gasteiger partial charge in [0.2, 0.25) is 0 Å². The van der Waals surface area contributed by atoms with Crippen molar-refractivity contribution in [3.05, 3.63) is 78.3 Å². The number of rotatable bonds is 4. The van der Waals surface area contributed by atoms with Crippen LogP contribution >= 0.6 is 0 Å². The first kappa shape index (κ1) is 17.5. The van der Waals surface area contributed by atoms with Gasteiger partial charge in [0.1, 0.15) is 24.2 Å². The fourth-order valence-corrected chi connectivity index (χ4v) is 2.65. The van der Waals surface area contributed by atoms with Crippen LogP contribution in [0.4, 0.5) is 14.5 Å². The Hall–Kier alpha value is -3.95. The Bertz CT molecular complexity index is 1140. The molecule has 4 aromatic rings. The summed E-state index contributed by atoms with van der Waals surface area (Å²) in [6.07, 6.45) is 5.70. The van der Waals surface area contributed by atoms with E-state index in [1.165, 1.54) is 40.5 Å². The number of carbonyl (C=O) groups excluding carboxylic acids is 1. The van der Waals surface area contributed by atoms with Crippen molar-refractivity contribution < 1.29 is 13.6 Å². The van der Waals surface area contributed by atoms with Crippen molar-refractivity contribution >= 4 is 11.6 Å². The molecule has 10 heteroatoms. The first-order valence-electron chi connectivity index (χ1n) is 8.15. The van der Waals surface area contributed by atoms with Gasteiger partial charge in [-0.3, -0.25) is 4.79 Å². The number of carbonyl (C=O) groups is 1. The number of pyridine rings is 1. The van der Waals surface area contributed by atoms with E-state index in [-0.39, 0.29) is 11.3 Å². The average molecular weight is 381 g/mol. The highest BCUT2D eigenvalue weighted by atomic mass is 19.1. The Labute approximate surface area is 157 Å². The maximum Gasteiger partial charge on any atom is 0.259 e. The van der Waals surface area contributed by atoms with Crippen LogP contribution in [0.15, 0.2) is 55.4 Å². The standard InChI is InChI=1S/C18H13F2N7O/c1-11-14(8-23-27(11)16-4-2-12(19)6-15(16)20)18(28)25-13-3-5-17(22-7-13)26-10-21-9-24-26/h2-10H,1H3,(H,25,28). The molecule has 0 fully saturated rings. The molecule has 0 aliphatic rings. The number of nitrogens with zero attached hydrogens (tertiary/aromatic N) is 6. The summed E-state index contributed by atoms with van der Waals surface area (Å²) in [7, 11) is 0. The second kappa shape index (κ2) is 6.99. The van der Waals surface area contributed by atoms with E-state index >= 15 is 0 Å². The molecule has 3 aromatic heterocycles. The molecule has 0 saturated carbocycles. The predicted octanol–water partition coefficient (Wildman–Crippen LogP) is 2.69. The lowest BCUT2D eigenvalue weighted by Gasteiger charge is -2.08. The van der Waals surface area contributed by atoms with Crippen LogP contribution in [-0.4, -0.2) is 35.4 Å². The average Bonchev–Trinajstić information content (AvgIpc) is 3.33. The molecule has 1 N–H and O–H groups in total. The van der Waals surface area contributed by atoms with Crippen molar-refractivity contribution in [2.24, 2.45) is 0 Å². The molecule has 140 valence electrons. The summed E-state index contributed by atoms with van der Waals surface area (Å²) in [5, 5.41) is 10.7. The highest BCUT2D eigenvalue weighted by Crippen LogP contribution is 2.19. The van der Waals surface area contributed by atoms with E-state index in [0.29, 0.717) is 17.2 Å². The summed E-state index contributed by atoms with van der Waals surface area (Å²) < 4.78 is 29.8. The minimum Gasteiger partial charge on any atom is -0.320 e. The first-order chi connectivity index (χ1) is 13.5. The Balaban J connectivity index is 1.55. The van der Waals surface area contributed by atoms with Gasteiger partial charge in [0.05, 0.1) is 29.3 Å². The van der Waals surface area contributed by atoms with E-state index in [1.807, 2.05) is 0 Å². The number of nitrogens with one attached hydrogen (secondary N) is 1. The van der Waals surface area contributed by atoms with Gasteiger partial charge in [0, 0.05) is 6.07 Å². The molecule has 0 radical (unpaired) electrons. The topological polar surface area (TPSA) is 90.5 Å². The van der Waals surface area contributed by atoms with Gasteiger partial charge in [0.15, 0.2) is 11.6 Å². The van der Waals surface area contributed by atoms with Crippen LogP contribution in [0.3, 0.4) is 0 Å². The first-order valence-corrected chi connectivity index (χ1v) is 8.15. The summed E-state index contributed by atoms with van der Waals surface area (Å²) in [5.74, 6) is -1.34. The van der Waals surface area contributed by atoms with Crippen molar-refractivity contribution in [2.75, 3.05) is 5.32 Å². The monoisotopic (exact) mass is 381 g/mol. The Morgan fingerprint density at radius 1 is 1.11 bits per heavy atom. The fourth-order valence-electron chi connectivity index (χ4n) is 2.65. The lowest BCUT2D eigenvalue weighted by Crippen LogP contribution is -2.13. The zero-order valence-corrected chi connectivity index (χ0v) is 14.5. The summed E-state index contributed by atoms with van der Waals surface area (Å²) in [5.41, 5.74) is 1.19. The van der Waals surface area contributed by atoms with E-state index in [2.05, 4.69) is 25.5 Å². The maximum atomic E-state index is 14.0. The maximum absolute atomic E-state index is 14.0. The van der Waals surface area contributed by atoms with Crippen molar-refractivity contribution in [3.8, 4) is 11.5 Å². The normalized spacial score (nSPS) is 10.8. The van der Waals surface area contributed by atoms with E-state index in [4.69, 9.17) is 0 Å². The lowest BCUT2D eigenvalue weighted by molar-refractivity contribution is 0.102. The SMILES string of the molecule is Cc1c(C(=O)Nc2ccc(-n3cncn3)nc2)cnn1-c1ccc(F)cc1F. The van der Waals surface area contributed by atoms with Crippen LogP contribution < -0.4 is 5.32 Å². The van der Waals surface area contributed by atoms with Crippen LogP contribution in [0.1, 0.15) is 16.1 Å². The largest absolute Gasteiger partial charge is 0.320 e. The Morgan fingerprint density at radius 2 is 1.96 bits per heavy atom. The van der Waals surface area contributed by atoms with E-state index in [1.54, 1.807) is 19.1 Å². The van der Waals surface area contributed by atoms with Gasteiger partial charge in [-0.05, 0) is 31.2 Å². The van der Waals surface area contributed by atoms with Gasteiger partial charge in [-0.2, -0.15) is 10.2 Å². The number of aromatic nitrogens is 6. The fraction of sp³-hybridized carbons (Fsp3) is 0.0556. The highest BCUT2D eigenvalue weighted by molar-refractivity contribution is 6.04. The third kappa shape index (κ3) is 3.22. The summed E-state index contributed by atoms with van der Waals surface area (Å²) in [6.45, 7) is 1.62. The zero-order chi connectivity index (χ0) is 19.7. The van der Waals surface area contributed by atoms with E-state index in [0.717, 1.165) is 12.1 Å². The van der Waals surface area contributed by atoms with E-state index < -0.39 is 17.5 Å². The molecule has 0 atom stereocenters. The van der Waals surface area contributed by atoms with Crippen molar-refractivity contribution in [1.29, 1.82) is 0 Å². The molecule has 8 nitrogen and oxygen atoms in total. The molecule has 28 heavy (non-hydrogen) atoms. The van der Waals surface area contributed by atoms with Crippen LogP contribution in [0, 0.1) is 18.6 Å². The predicted molar refractivity (Wildman–Crippen MR) is 95.3 cm³/mol. The number of amides is 1. The smallest absolute Gasteiger partial charge is 0.259 e. The van der Waals surface area contributed by atoms with Crippen molar-refractivity contribution in [3.63, 3.8) is 0 Å². The summed E-state index contributed by atoms with van der Waals surface area (Å²) in [6, 6.07) is 6.50.